The lowest BCUT2D eigenvalue weighted by Gasteiger charge is -2.34. The van der Waals surface area contributed by atoms with Crippen molar-refractivity contribution >= 4 is 6.09 Å². The molecule has 1 fully saturated rings. The summed E-state index contributed by atoms with van der Waals surface area (Å²) < 4.78 is 7.39. The zero-order chi connectivity index (χ0) is 20.8. The molecule has 29 heavy (non-hydrogen) atoms. The van der Waals surface area contributed by atoms with Crippen LogP contribution in [-0.4, -0.2) is 49.8 Å². The largest absolute Gasteiger partial charge is 0.444 e. The molecule has 0 bridgehead atoms. The number of aryl methyl sites for hydroxylation is 2. The Balaban J connectivity index is 1.52. The molecule has 4 rings (SSSR count). The van der Waals surface area contributed by atoms with Crippen LogP contribution in [0.1, 0.15) is 68.9 Å². The standard InChI is InChI=1S/C22H30N4O3/c1-14-20-17-6-5-16(13-18(17)19(27)9-12-26(20)24-23-14)15-7-10-25(11-8-15)21(28)29-22(2,3)4/h5-6,13,15,19,27H,7-12H2,1-4H3. The normalized spacial score (nSPS) is 20.0. The fourth-order valence-electron chi connectivity index (χ4n) is 4.34. The summed E-state index contributed by atoms with van der Waals surface area (Å²) in [6.07, 6.45) is 1.68. The molecule has 0 radical (unpaired) electrons. The minimum absolute atomic E-state index is 0.232. The van der Waals surface area contributed by atoms with Gasteiger partial charge in [-0.1, -0.05) is 23.4 Å². The van der Waals surface area contributed by atoms with Crippen molar-refractivity contribution in [3.63, 3.8) is 0 Å². The Hall–Kier alpha value is -2.41. The molecule has 2 aliphatic rings. The maximum atomic E-state index is 12.3. The van der Waals surface area contributed by atoms with Gasteiger partial charge in [0.25, 0.3) is 0 Å². The van der Waals surface area contributed by atoms with Gasteiger partial charge in [0.15, 0.2) is 0 Å². The summed E-state index contributed by atoms with van der Waals surface area (Å²) in [6, 6.07) is 6.40. The number of carbonyl (C=O) groups excluding carboxylic acids is 1. The number of piperidine rings is 1. The minimum Gasteiger partial charge on any atom is -0.444 e. The Morgan fingerprint density at radius 1 is 1.17 bits per heavy atom. The first kappa shape index (κ1) is 19.9. The van der Waals surface area contributed by atoms with Gasteiger partial charge in [0.2, 0.25) is 0 Å². The highest BCUT2D eigenvalue weighted by atomic mass is 16.6. The zero-order valence-electron chi connectivity index (χ0n) is 17.7. The third kappa shape index (κ3) is 4.01. The van der Waals surface area contributed by atoms with Gasteiger partial charge in [0, 0.05) is 25.2 Å². The van der Waals surface area contributed by atoms with Gasteiger partial charge >= 0.3 is 6.09 Å². The molecule has 2 aliphatic heterocycles. The molecule has 0 spiro atoms. The molecule has 1 amide bonds. The van der Waals surface area contributed by atoms with E-state index in [4.69, 9.17) is 4.74 Å². The van der Waals surface area contributed by atoms with Crippen molar-refractivity contribution in [1.29, 1.82) is 0 Å². The third-order valence-electron chi connectivity index (χ3n) is 5.83. The average molecular weight is 399 g/mol. The molecule has 7 heteroatoms. The highest BCUT2D eigenvalue weighted by Gasteiger charge is 2.29. The van der Waals surface area contributed by atoms with Gasteiger partial charge in [-0.05, 0) is 64.0 Å². The maximum absolute atomic E-state index is 12.3. The second-order valence-corrected chi connectivity index (χ2v) is 9.14. The molecule has 1 aromatic carbocycles. The van der Waals surface area contributed by atoms with Crippen LogP contribution in [0.3, 0.4) is 0 Å². The number of aliphatic hydroxyl groups excluding tert-OH is 1. The molecule has 0 aliphatic carbocycles. The quantitative estimate of drug-likeness (QED) is 0.790. The van der Waals surface area contributed by atoms with Gasteiger partial charge in [-0.2, -0.15) is 0 Å². The van der Waals surface area contributed by atoms with Crippen LogP contribution >= 0.6 is 0 Å². The monoisotopic (exact) mass is 398 g/mol. The van der Waals surface area contributed by atoms with E-state index in [9.17, 15) is 9.90 Å². The van der Waals surface area contributed by atoms with Crippen LogP contribution in [0, 0.1) is 6.92 Å². The fourth-order valence-corrected chi connectivity index (χ4v) is 4.34. The predicted octanol–water partition coefficient (Wildman–Crippen LogP) is 3.81. The molecular weight excluding hydrogens is 368 g/mol. The third-order valence-corrected chi connectivity index (χ3v) is 5.83. The van der Waals surface area contributed by atoms with Gasteiger partial charge in [0.05, 0.1) is 17.5 Å². The molecule has 1 unspecified atom stereocenters. The van der Waals surface area contributed by atoms with E-state index in [1.807, 2.05) is 32.4 Å². The number of likely N-dealkylation sites (tertiary alicyclic amines) is 1. The Labute approximate surface area is 171 Å². The number of amides is 1. The molecule has 2 aromatic rings. The van der Waals surface area contributed by atoms with E-state index in [2.05, 4.69) is 28.5 Å². The fraction of sp³-hybridized carbons (Fsp3) is 0.591. The summed E-state index contributed by atoms with van der Waals surface area (Å²) in [6.45, 7) is 9.67. The van der Waals surface area contributed by atoms with Gasteiger partial charge in [-0.15, -0.1) is 5.10 Å². The number of rotatable bonds is 1. The van der Waals surface area contributed by atoms with Gasteiger partial charge in [-0.3, -0.25) is 0 Å². The number of aliphatic hydroxyl groups is 1. The van der Waals surface area contributed by atoms with Crippen molar-refractivity contribution in [2.75, 3.05) is 13.1 Å². The van der Waals surface area contributed by atoms with Crippen molar-refractivity contribution in [3.8, 4) is 11.3 Å². The van der Waals surface area contributed by atoms with Crippen molar-refractivity contribution in [2.24, 2.45) is 0 Å². The first-order valence-electron chi connectivity index (χ1n) is 10.4. The number of aromatic nitrogens is 3. The van der Waals surface area contributed by atoms with Crippen LogP contribution in [0.4, 0.5) is 4.79 Å². The van der Waals surface area contributed by atoms with Crippen LogP contribution in [0.25, 0.3) is 11.3 Å². The van der Waals surface area contributed by atoms with Crippen LogP contribution in [0.15, 0.2) is 18.2 Å². The van der Waals surface area contributed by atoms with E-state index < -0.39 is 11.7 Å². The molecular formula is C22H30N4O3. The summed E-state index contributed by atoms with van der Waals surface area (Å²) in [5, 5.41) is 19.2. The number of hydrogen-bond donors (Lipinski definition) is 1. The van der Waals surface area contributed by atoms with Crippen LogP contribution < -0.4 is 0 Å². The Bertz CT molecular complexity index is 907. The number of benzene rings is 1. The number of ether oxygens (including phenoxy) is 1. The average Bonchev–Trinajstić information content (AvgIpc) is 2.97. The maximum Gasteiger partial charge on any atom is 0.410 e. The van der Waals surface area contributed by atoms with E-state index in [0.29, 0.717) is 32.0 Å². The first-order chi connectivity index (χ1) is 13.7. The lowest BCUT2D eigenvalue weighted by molar-refractivity contribution is 0.0205. The van der Waals surface area contributed by atoms with E-state index in [1.165, 1.54) is 5.56 Å². The number of carbonyl (C=O) groups is 1. The molecule has 1 N–H and O–H groups in total. The molecule has 156 valence electrons. The summed E-state index contributed by atoms with van der Waals surface area (Å²) in [7, 11) is 0. The Morgan fingerprint density at radius 3 is 2.59 bits per heavy atom. The summed E-state index contributed by atoms with van der Waals surface area (Å²) in [4.78, 5) is 14.1. The summed E-state index contributed by atoms with van der Waals surface area (Å²) in [5.41, 5.74) is 4.63. The van der Waals surface area contributed by atoms with Crippen molar-refractivity contribution in [2.45, 2.75) is 71.1 Å². The van der Waals surface area contributed by atoms with Crippen molar-refractivity contribution in [3.05, 3.63) is 35.0 Å². The predicted molar refractivity (Wildman–Crippen MR) is 110 cm³/mol. The van der Waals surface area contributed by atoms with Gasteiger partial charge in [0.1, 0.15) is 5.60 Å². The molecule has 3 heterocycles. The molecule has 7 nitrogen and oxygen atoms in total. The van der Waals surface area contributed by atoms with Crippen LogP contribution in [0.2, 0.25) is 0 Å². The lowest BCUT2D eigenvalue weighted by atomic mass is 9.86. The van der Waals surface area contributed by atoms with Crippen LogP contribution in [0.5, 0.6) is 0 Å². The van der Waals surface area contributed by atoms with Gasteiger partial charge < -0.3 is 14.7 Å². The smallest absolute Gasteiger partial charge is 0.410 e. The number of fused-ring (bicyclic) bond motifs is 3. The second kappa shape index (κ2) is 7.44. The number of hydrogen-bond acceptors (Lipinski definition) is 5. The van der Waals surface area contributed by atoms with E-state index in [0.717, 1.165) is 35.4 Å². The zero-order valence-corrected chi connectivity index (χ0v) is 17.7. The number of nitrogens with zero attached hydrogens (tertiary/aromatic N) is 4. The van der Waals surface area contributed by atoms with Crippen molar-refractivity contribution in [1.82, 2.24) is 19.9 Å². The molecule has 1 saturated heterocycles. The molecule has 1 atom stereocenters. The van der Waals surface area contributed by atoms with Crippen molar-refractivity contribution < 1.29 is 14.6 Å². The summed E-state index contributed by atoms with van der Waals surface area (Å²) in [5.74, 6) is 0.374. The first-order valence-corrected chi connectivity index (χ1v) is 10.4. The van der Waals surface area contributed by atoms with Crippen LogP contribution in [-0.2, 0) is 11.3 Å². The van der Waals surface area contributed by atoms with E-state index in [1.54, 1.807) is 4.90 Å². The Kier molecular flexibility index (Phi) is 5.11. The van der Waals surface area contributed by atoms with E-state index in [-0.39, 0.29) is 6.09 Å². The SMILES string of the molecule is Cc1nnn2c1-c1ccc(C3CCN(C(=O)OC(C)(C)C)CC3)cc1C(O)CC2. The minimum atomic E-state index is -0.507. The van der Waals surface area contributed by atoms with E-state index >= 15 is 0 Å². The summed E-state index contributed by atoms with van der Waals surface area (Å²) >= 11 is 0. The van der Waals surface area contributed by atoms with Gasteiger partial charge in [-0.25, -0.2) is 9.48 Å². The topological polar surface area (TPSA) is 80.5 Å². The Morgan fingerprint density at radius 2 is 1.90 bits per heavy atom. The highest BCUT2D eigenvalue weighted by Crippen LogP contribution is 2.38. The lowest BCUT2D eigenvalue weighted by Crippen LogP contribution is -2.41. The molecule has 1 aromatic heterocycles. The molecule has 0 saturated carbocycles. The second-order valence-electron chi connectivity index (χ2n) is 9.14. The highest BCUT2D eigenvalue weighted by molar-refractivity contribution is 5.69.